The summed E-state index contributed by atoms with van der Waals surface area (Å²) in [6.45, 7) is 0.191. The molecule has 2 rings (SSSR count). The first kappa shape index (κ1) is 17.0. The molecule has 1 aliphatic rings. The summed E-state index contributed by atoms with van der Waals surface area (Å²) in [7, 11) is -1.02. The Labute approximate surface area is 133 Å². The molecule has 9 heteroatoms. The van der Waals surface area contributed by atoms with E-state index in [0.717, 1.165) is 0 Å². The zero-order valence-electron chi connectivity index (χ0n) is 12.0. The van der Waals surface area contributed by atoms with Gasteiger partial charge in [0.1, 0.15) is 5.75 Å². The van der Waals surface area contributed by atoms with Crippen LogP contribution in [0.25, 0.3) is 0 Å². The van der Waals surface area contributed by atoms with Crippen molar-refractivity contribution in [3.63, 3.8) is 0 Å². The monoisotopic (exact) mass is 349 g/mol. The van der Waals surface area contributed by atoms with Gasteiger partial charge in [-0.3, -0.25) is 0 Å². The molecular weight excluding hydrogens is 334 g/mol. The van der Waals surface area contributed by atoms with Crippen molar-refractivity contribution in [3.8, 4) is 5.75 Å². The van der Waals surface area contributed by atoms with Crippen LogP contribution in [-0.2, 0) is 19.6 Å². The van der Waals surface area contributed by atoms with E-state index in [9.17, 15) is 13.2 Å². The summed E-state index contributed by atoms with van der Waals surface area (Å²) >= 11 is 5.88. The number of carbonyl (C=O) groups is 1. The number of benzene rings is 1. The maximum absolute atomic E-state index is 12.5. The summed E-state index contributed by atoms with van der Waals surface area (Å²) in [6, 6.07) is 4.17. The smallest absolute Gasteiger partial charge is 0.333 e. The number of rotatable bonds is 6. The Hall–Kier alpha value is -1.35. The van der Waals surface area contributed by atoms with Crippen LogP contribution in [0.2, 0.25) is 5.02 Å². The average Bonchev–Trinajstić information content (AvgIpc) is 2.41. The topological polar surface area (TPSA) is 93.1 Å². The minimum atomic E-state index is -3.71. The summed E-state index contributed by atoms with van der Waals surface area (Å²) < 4.78 is 36.0. The van der Waals surface area contributed by atoms with E-state index in [1.165, 1.54) is 36.7 Å². The van der Waals surface area contributed by atoms with Crippen LogP contribution in [0.15, 0.2) is 23.1 Å². The summed E-state index contributed by atoms with van der Waals surface area (Å²) in [4.78, 5) is 11.0. The largest absolute Gasteiger partial charge is 0.495 e. The maximum atomic E-state index is 12.5. The quantitative estimate of drug-likeness (QED) is 0.825. The van der Waals surface area contributed by atoms with E-state index in [2.05, 4.69) is 0 Å². The van der Waals surface area contributed by atoms with E-state index in [0.29, 0.717) is 5.02 Å². The molecule has 0 radical (unpaired) electrons. The molecule has 22 heavy (non-hydrogen) atoms. The molecule has 1 fully saturated rings. The predicted molar refractivity (Wildman–Crippen MR) is 78.7 cm³/mol. The fourth-order valence-corrected chi connectivity index (χ4v) is 4.07. The van der Waals surface area contributed by atoms with Crippen LogP contribution >= 0.6 is 11.6 Å². The second kappa shape index (κ2) is 6.41. The van der Waals surface area contributed by atoms with Gasteiger partial charge < -0.3 is 14.6 Å². The molecule has 1 aromatic carbocycles. The number of ether oxygens (including phenoxy) is 2. The Bertz CT molecular complexity index is 671. The normalized spacial score (nSPS) is 17.8. The lowest BCUT2D eigenvalue weighted by Gasteiger charge is -2.40. The molecular formula is C13H16ClNO6S. The van der Waals surface area contributed by atoms with Gasteiger partial charge in [0.25, 0.3) is 0 Å². The highest BCUT2D eigenvalue weighted by atomic mass is 35.5. The lowest BCUT2D eigenvalue weighted by atomic mass is 9.96. The first-order valence-corrected chi connectivity index (χ1v) is 8.22. The van der Waals surface area contributed by atoms with Crippen molar-refractivity contribution in [2.75, 3.05) is 27.3 Å². The molecule has 0 amide bonds. The molecule has 1 N–H and O–H groups in total. The second-order valence-corrected chi connectivity index (χ2v) is 7.22. The number of hydrogen-bond donors (Lipinski definition) is 1. The Balaban J connectivity index is 2.15. The highest BCUT2D eigenvalue weighted by molar-refractivity contribution is 7.89. The van der Waals surface area contributed by atoms with Crippen molar-refractivity contribution in [1.82, 2.24) is 4.31 Å². The van der Waals surface area contributed by atoms with Crippen molar-refractivity contribution in [2.45, 2.75) is 11.0 Å². The van der Waals surface area contributed by atoms with Crippen molar-refractivity contribution >= 4 is 27.6 Å². The van der Waals surface area contributed by atoms with Gasteiger partial charge in [0.05, 0.1) is 17.0 Å². The molecule has 122 valence electrons. The Morgan fingerprint density at radius 3 is 2.55 bits per heavy atom. The van der Waals surface area contributed by atoms with E-state index in [1.807, 2.05) is 0 Å². The summed E-state index contributed by atoms with van der Waals surface area (Å²) in [6.07, 6.45) is -1.01. The second-order valence-electron chi connectivity index (χ2n) is 4.87. The summed E-state index contributed by atoms with van der Waals surface area (Å²) in [5, 5.41) is 9.30. The molecule has 1 unspecified atom stereocenters. The molecule has 0 aromatic heterocycles. The number of aliphatic carboxylic acids is 1. The van der Waals surface area contributed by atoms with Crippen molar-refractivity contribution in [2.24, 2.45) is 5.92 Å². The van der Waals surface area contributed by atoms with Gasteiger partial charge in [-0.25, -0.2) is 13.2 Å². The molecule has 1 atom stereocenters. The van der Waals surface area contributed by atoms with Crippen LogP contribution in [0.5, 0.6) is 5.75 Å². The van der Waals surface area contributed by atoms with Gasteiger partial charge in [0.2, 0.25) is 10.0 Å². The van der Waals surface area contributed by atoms with Crippen LogP contribution in [0.3, 0.4) is 0 Å². The average molecular weight is 350 g/mol. The predicted octanol–water partition coefficient (Wildman–Crippen LogP) is 1.07. The molecule has 0 spiro atoms. The van der Waals surface area contributed by atoms with E-state index < -0.39 is 22.1 Å². The zero-order chi connectivity index (χ0) is 16.5. The summed E-state index contributed by atoms with van der Waals surface area (Å²) in [5.74, 6) is -1.20. The van der Waals surface area contributed by atoms with Gasteiger partial charge in [0, 0.05) is 32.2 Å². The van der Waals surface area contributed by atoms with E-state index in [-0.39, 0.29) is 29.7 Å². The SMILES string of the molecule is COc1cc(S(=O)(=O)N2CC(C(OC)C(=O)O)C2)ccc1Cl. The van der Waals surface area contributed by atoms with Gasteiger partial charge in [-0.2, -0.15) is 4.31 Å². The third-order valence-electron chi connectivity index (χ3n) is 3.56. The number of carboxylic acid groups (broad SMARTS) is 1. The van der Waals surface area contributed by atoms with Gasteiger partial charge in [-0.1, -0.05) is 11.6 Å². The standard InChI is InChI=1S/C13H16ClNO6S/c1-20-11-5-9(3-4-10(11)14)22(18,19)15-6-8(7-15)12(21-2)13(16)17/h3-5,8,12H,6-7H2,1-2H3,(H,16,17). The highest BCUT2D eigenvalue weighted by Gasteiger charge is 2.43. The van der Waals surface area contributed by atoms with E-state index in [1.54, 1.807) is 0 Å². The van der Waals surface area contributed by atoms with Gasteiger partial charge in [-0.15, -0.1) is 0 Å². The fraction of sp³-hybridized carbons (Fsp3) is 0.462. The van der Waals surface area contributed by atoms with Crippen molar-refractivity contribution in [1.29, 1.82) is 0 Å². The van der Waals surface area contributed by atoms with Gasteiger partial charge in [0.15, 0.2) is 6.10 Å². The number of halogens is 1. The van der Waals surface area contributed by atoms with E-state index >= 15 is 0 Å². The van der Waals surface area contributed by atoms with Crippen LogP contribution in [0.1, 0.15) is 0 Å². The minimum absolute atomic E-state index is 0.0523. The minimum Gasteiger partial charge on any atom is -0.495 e. The van der Waals surface area contributed by atoms with Crippen LogP contribution in [-0.4, -0.2) is 57.2 Å². The molecule has 0 saturated carbocycles. The lowest BCUT2D eigenvalue weighted by molar-refractivity contribution is -0.154. The number of nitrogens with zero attached hydrogens (tertiary/aromatic N) is 1. The maximum Gasteiger partial charge on any atom is 0.333 e. The molecule has 0 aliphatic carbocycles. The van der Waals surface area contributed by atoms with Crippen LogP contribution in [0, 0.1) is 5.92 Å². The first-order chi connectivity index (χ1) is 10.3. The summed E-state index contributed by atoms with van der Waals surface area (Å²) in [5.41, 5.74) is 0. The van der Waals surface area contributed by atoms with Crippen LogP contribution < -0.4 is 4.74 Å². The molecule has 0 bridgehead atoms. The lowest BCUT2D eigenvalue weighted by Crippen LogP contribution is -2.56. The highest BCUT2D eigenvalue weighted by Crippen LogP contribution is 2.32. The zero-order valence-corrected chi connectivity index (χ0v) is 13.6. The third kappa shape index (κ3) is 3.05. The molecule has 1 aliphatic heterocycles. The fourth-order valence-electron chi connectivity index (χ4n) is 2.30. The molecule has 1 saturated heterocycles. The molecule has 1 aromatic rings. The Morgan fingerprint density at radius 2 is 2.05 bits per heavy atom. The number of methoxy groups -OCH3 is 2. The van der Waals surface area contributed by atoms with Crippen molar-refractivity contribution in [3.05, 3.63) is 23.2 Å². The molecule has 7 nitrogen and oxygen atoms in total. The van der Waals surface area contributed by atoms with Gasteiger partial charge in [-0.05, 0) is 12.1 Å². The van der Waals surface area contributed by atoms with Gasteiger partial charge >= 0.3 is 5.97 Å². The number of hydrogen-bond acceptors (Lipinski definition) is 5. The Morgan fingerprint density at radius 1 is 1.41 bits per heavy atom. The number of carboxylic acids is 1. The van der Waals surface area contributed by atoms with E-state index in [4.69, 9.17) is 26.2 Å². The number of sulfonamides is 1. The molecule has 1 heterocycles. The third-order valence-corrected chi connectivity index (χ3v) is 5.70. The van der Waals surface area contributed by atoms with Crippen molar-refractivity contribution < 1.29 is 27.8 Å². The first-order valence-electron chi connectivity index (χ1n) is 6.40. The van der Waals surface area contributed by atoms with Crippen LogP contribution in [0.4, 0.5) is 0 Å². The Kier molecular flexibility index (Phi) is 4.96.